The van der Waals surface area contributed by atoms with Gasteiger partial charge in [-0.15, -0.1) is 0 Å². The highest BCUT2D eigenvalue weighted by Crippen LogP contribution is 2.67. The summed E-state index contributed by atoms with van der Waals surface area (Å²) >= 11 is 3.91. The summed E-state index contributed by atoms with van der Waals surface area (Å²) in [7, 11) is 0. The van der Waals surface area contributed by atoms with Crippen LogP contribution in [0.4, 0.5) is 4.39 Å². The monoisotopic (exact) mass is 372 g/mol. The summed E-state index contributed by atoms with van der Waals surface area (Å²) in [6.07, 6.45) is 5.25. The van der Waals surface area contributed by atoms with Crippen LogP contribution in [0, 0.1) is 29.1 Å². The Morgan fingerprint density at radius 2 is 1.86 bits per heavy atom. The second kappa shape index (κ2) is 5.02. The van der Waals surface area contributed by atoms with Crippen molar-refractivity contribution in [1.82, 2.24) is 0 Å². The van der Waals surface area contributed by atoms with Crippen molar-refractivity contribution < 1.29 is 14.3 Å². The molecule has 0 aromatic carbocycles. The molecule has 0 bridgehead atoms. The molecular formula is C18H26BrFO2. The third-order valence-corrected chi connectivity index (χ3v) is 9.40. The van der Waals surface area contributed by atoms with Crippen molar-refractivity contribution in [3.63, 3.8) is 0 Å². The van der Waals surface area contributed by atoms with Gasteiger partial charge in [0.15, 0.2) is 0 Å². The van der Waals surface area contributed by atoms with Gasteiger partial charge in [0.25, 0.3) is 0 Å². The zero-order chi connectivity index (χ0) is 15.7. The Morgan fingerprint density at radius 1 is 1.14 bits per heavy atom. The van der Waals surface area contributed by atoms with E-state index >= 15 is 4.39 Å². The van der Waals surface area contributed by atoms with E-state index in [0.717, 1.165) is 32.1 Å². The Labute approximate surface area is 140 Å². The largest absolute Gasteiger partial charge is 0.393 e. The lowest BCUT2D eigenvalue weighted by atomic mass is 9.49. The zero-order valence-corrected chi connectivity index (χ0v) is 14.8. The summed E-state index contributed by atoms with van der Waals surface area (Å²) in [6, 6.07) is 0. The molecule has 4 saturated carbocycles. The number of rotatable bonds is 0. The number of hydrogen-bond acceptors (Lipinski definition) is 2. The summed E-state index contributed by atoms with van der Waals surface area (Å²) in [5.41, 5.74) is -0.251. The van der Waals surface area contributed by atoms with Crippen molar-refractivity contribution >= 4 is 21.7 Å². The van der Waals surface area contributed by atoms with Gasteiger partial charge in [-0.2, -0.15) is 0 Å². The van der Waals surface area contributed by atoms with E-state index in [9.17, 15) is 9.90 Å². The molecule has 0 amide bonds. The SMILES string of the molecule is C[C@]12C[C@H](F)[C@]3(Br)[C@H]4CCC(=O)C[C@@H]4CC[C@H]3[C@@H]1CC[C@@H]2O. The molecule has 0 saturated heterocycles. The topological polar surface area (TPSA) is 37.3 Å². The molecule has 0 unspecified atom stereocenters. The van der Waals surface area contributed by atoms with Crippen LogP contribution in [-0.4, -0.2) is 27.5 Å². The zero-order valence-electron chi connectivity index (χ0n) is 13.2. The van der Waals surface area contributed by atoms with E-state index in [2.05, 4.69) is 22.9 Å². The quantitative estimate of drug-likeness (QED) is 0.651. The van der Waals surface area contributed by atoms with Gasteiger partial charge >= 0.3 is 0 Å². The number of Topliss-reactive ketones (excluding diaryl/α,β-unsaturated/α-hetero) is 1. The predicted octanol–water partition coefficient (Wildman–Crippen LogP) is 4.03. The molecule has 0 spiro atoms. The molecule has 4 aliphatic carbocycles. The molecule has 4 heteroatoms. The smallest absolute Gasteiger partial charge is 0.133 e. The first-order chi connectivity index (χ1) is 10.4. The molecule has 22 heavy (non-hydrogen) atoms. The molecule has 0 aromatic rings. The van der Waals surface area contributed by atoms with Crippen LogP contribution in [-0.2, 0) is 4.79 Å². The van der Waals surface area contributed by atoms with Gasteiger partial charge in [-0.05, 0) is 67.6 Å². The molecule has 0 aliphatic heterocycles. The first kappa shape index (κ1) is 15.6. The van der Waals surface area contributed by atoms with Gasteiger partial charge in [0.2, 0.25) is 0 Å². The Morgan fingerprint density at radius 3 is 2.64 bits per heavy atom. The van der Waals surface area contributed by atoms with Gasteiger partial charge in [0, 0.05) is 12.8 Å². The predicted molar refractivity (Wildman–Crippen MR) is 86.6 cm³/mol. The molecule has 4 rings (SSSR count). The average molecular weight is 373 g/mol. The van der Waals surface area contributed by atoms with E-state index in [1.807, 2.05) is 0 Å². The third kappa shape index (κ3) is 1.89. The fourth-order valence-corrected chi connectivity index (χ4v) is 7.89. The lowest BCUT2D eigenvalue weighted by Gasteiger charge is -2.60. The molecule has 0 aromatic heterocycles. The molecule has 8 atom stereocenters. The van der Waals surface area contributed by atoms with Crippen LogP contribution >= 0.6 is 15.9 Å². The minimum absolute atomic E-state index is 0.251. The summed E-state index contributed by atoms with van der Waals surface area (Å²) in [5, 5.41) is 10.4. The van der Waals surface area contributed by atoms with Gasteiger partial charge < -0.3 is 5.11 Å². The number of fused-ring (bicyclic) bond motifs is 5. The van der Waals surface area contributed by atoms with E-state index < -0.39 is 10.5 Å². The maximum absolute atomic E-state index is 15.4. The van der Waals surface area contributed by atoms with Gasteiger partial charge in [0.05, 0.1) is 10.4 Å². The van der Waals surface area contributed by atoms with Crippen LogP contribution in [0.1, 0.15) is 58.3 Å². The molecule has 0 heterocycles. The number of ketones is 1. The number of halogens is 2. The van der Waals surface area contributed by atoms with E-state index in [4.69, 9.17) is 0 Å². The number of aliphatic hydroxyl groups excluding tert-OH is 1. The first-order valence-corrected chi connectivity index (χ1v) is 9.69. The fraction of sp³-hybridized carbons (Fsp3) is 0.944. The van der Waals surface area contributed by atoms with Crippen molar-refractivity contribution in [2.45, 2.75) is 74.9 Å². The summed E-state index contributed by atoms with van der Waals surface area (Å²) in [6.45, 7) is 2.10. The standard InChI is InChI=1S/C18H26BrFO2/c1-17-9-15(20)18(19)12-5-3-11(21)8-10(12)2-4-14(18)13(17)6-7-16(17)22/h10,12-16,22H,2-9H2,1H3/t10-,12-,13-,14-,15-,16-,17-,18-/m0/s1. The van der Waals surface area contributed by atoms with E-state index in [-0.39, 0.29) is 11.5 Å². The second-order valence-electron chi connectivity index (χ2n) is 8.54. The summed E-state index contributed by atoms with van der Waals surface area (Å²) in [4.78, 5) is 11.8. The highest BCUT2D eigenvalue weighted by Gasteiger charge is 2.66. The van der Waals surface area contributed by atoms with Crippen molar-refractivity contribution in [3.05, 3.63) is 0 Å². The molecule has 0 radical (unpaired) electrons. The van der Waals surface area contributed by atoms with Gasteiger partial charge in [0.1, 0.15) is 12.0 Å². The Kier molecular flexibility index (Phi) is 3.55. The normalized spacial score (nSPS) is 57.9. The summed E-state index contributed by atoms with van der Waals surface area (Å²) < 4.78 is 14.9. The third-order valence-electron chi connectivity index (χ3n) is 7.72. The molecule has 4 fully saturated rings. The van der Waals surface area contributed by atoms with Crippen LogP contribution in [0.25, 0.3) is 0 Å². The van der Waals surface area contributed by atoms with Crippen molar-refractivity contribution in [2.24, 2.45) is 29.1 Å². The fourth-order valence-electron chi connectivity index (χ4n) is 6.57. The minimum Gasteiger partial charge on any atom is -0.393 e. The van der Waals surface area contributed by atoms with Crippen molar-refractivity contribution in [1.29, 1.82) is 0 Å². The average Bonchev–Trinajstić information content (AvgIpc) is 2.75. The Bertz CT molecular complexity index is 497. The van der Waals surface area contributed by atoms with Crippen molar-refractivity contribution in [3.8, 4) is 0 Å². The Balaban J connectivity index is 1.70. The van der Waals surface area contributed by atoms with Crippen LogP contribution in [0.5, 0.6) is 0 Å². The van der Waals surface area contributed by atoms with Gasteiger partial charge in [-0.1, -0.05) is 22.9 Å². The van der Waals surface area contributed by atoms with Crippen LogP contribution in [0.15, 0.2) is 0 Å². The highest BCUT2D eigenvalue weighted by molar-refractivity contribution is 9.10. The number of aliphatic hydroxyl groups is 1. The highest BCUT2D eigenvalue weighted by atomic mass is 79.9. The molecule has 4 aliphatic rings. The second-order valence-corrected chi connectivity index (χ2v) is 9.91. The van der Waals surface area contributed by atoms with E-state index in [1.165, 1.54) is 0 Å². The summed E-state index contributed by atoms with van der Waals surface area (Å²) in [5.74, 6) is 1.76. The van der Waals surface area contributed by atoms with E-state index in [0.29, 0.717) is 48.7 Å². The van der Waals surface area contributed by atoms with Gasteiger partial charge in [-0.25, -0.2) is 4.39 Å². The molecule has 1 N–H and O–H groups in total. The maximum atomic E-state index is 15.4. The van der Waals surface area contributed by atoms with Crippen LogP contribution in [0.3, 0.4) is 0 Å². The Hall–Kier alpha value is 0.0400. The van der Waals surface area contributed by atoms with E-state index in [1.54, 1.807) is 0 Å². The van der Waals surface area contributed by atoms with Gasteiger partial charge in [-0.3, -0.25) is 4.79 Å². The van der Waals surface area contributed by atoms with Crippen LogP contribution in [0.2, 0.25) is 0 Å². The molecule has 124 valence electrons. The number of carbonyl (C=O) groups is 1. The van der Waals surface area contributed by atoms with Crippen molar-refractivity contribution in [2.75, 3.05) is 0 Å². The van der Waals surface area contributed by atoms with Crippen LogP contribution < -0.4 is 0 Å². The maximum Gasteiger partial charge on any atom is 0.133 e. The number of hydrogen-bond donors (Lipinski definition) is 1. The molecular weight excluding hydrogens is 347 g/mol. The lowest BCUT2D eigenvalue weighted by molar-refractivity contribution is -0.130. The number of alkyl halides is 2. The first-order valence-electron chi connectivity index (χ1n) is 8.90. The number of carbonyl (C=O) groups excluding carboxylic acids is 1. The lowest BCUT2D eigenvalue weighted by Crippen LogP contribution is -2.63. The minimum atomic E-state index is -0.910. The molecule has 2 nitrogen and oxygen atoms in total.